The van der Waals surface area contributed by atoms with Gasteiger partial charge in [0.15, 0.2) is 10.9 Å². The molecule has 0 bridgehead atoms. The van der Waals surface area contributed by atoms with Crippen LogP contribution in [0.4, 0.5) is 9.52 Å². The lowest BCUT2D eigenvalue weighted by Crippen LogP contribution is -2.45. The van der Waals surface area contributed by atoms with Gasteiger partial charge in [-0.2, -0.15) is 0 Å². The molecule has 2 aromatic heterocycles. The molecule has 6 atom stereocenters. The summed E-state index contributed by atoms with van der Waals surface area (Å²) in [5.41, 5.74) is 2.24. The Labute approximate surface area is 389 Å². The number of hydrogen-bond donors (Lipinski definition) is 2. The van der Waals surface area contributed by atoms with Gasteiger partial charge in [0.25, 0.3) is 0 Å². The van der Waals surface area contributed by atoms with E-state index in [1.807, 2.05) is 31.4 Å². The zero-order chi connectivity index (χ0) is 46.0. The lowest BCUT2D eigenvalue weighted by molar-refractivity contribution is -0.154. The monoisotopic (exact) mass is 948 g/mol. The fraction of sp³-hybridized carbons (Fsp3) is 0.531. The van der Waals surface area contributed by atoms with Crippen LogP contribution >= 0.6 is 30.3 Å². The molecule has 0 radical (unpaired) electrons. The van der Waals surface area contributed by atoms with Gasteiger partial charge < -0.3 is 29.3 Å². The average Bonchev–Trinajstić information content (AvgIpc) is 3.68. The van der Waals surface area contributed by atoms with Gasteiger partial charge in [-0.3, -0.25) is 18.9 Å². The standard InChI is InChI=1S/C49H59ClFN4O8PS/c1-29(2)52-48-54-39(28-65-48)38-23-43(35-19-20-42(61-4)45(50)46(35)53-38)62-34-22-40-41(56)25-49(64(59,60)27-36-30(3)13-12-18-37(36)51)24-32(49)15-9-7-5-6-8-14-31(47(58)55(40)26-34)21-44(57)63-33-16-10-11-17-33/h9,12-13,15,18-20,23,28-29,31-34,40H,5-8,10-11,14,16-17,21-22,24-27H2,1-4H3,(H,52,54)(H,59,60)/b15-9-/t31-,32-,34-,40+,49-/m1/s1. The molecule has 2 aliphatic heterocycles. The zero-order valence-electron chi connectivity index (χ0n) is 37.5. The summed E-state index contributed by atoms with van der Waals surface area (Å²) in [4.78, 5) is 66.8. The third-order valence-corrected chi connectivity index (χ3v) is 17.6. The van der Waals surface area contributed by atoms with Crippen LogP contribution in [0.5, 0.6) is 11.5 Å². The van der Waals surface area contributed by atoms with Crippen molar-refractivity contribution < 1.29 is 42.4 Å². The number of aromatic nitrogens is 2. The van der Waals surface area contributed by atoms with E-state index in [2.05, 4.69) is 5.32 Å². The summed E-state index contributed by atoms with van der Waals surface area (Å²) in [6.07, 6.45) is 9.72. The number of fused-ring (bicyclic) bond motifs is 3. The summed E-state index contributed by atoms with van der Waals surface area (Å²) in [6, 6.07) is 9.00. The van der Waals surface area contributed by atoms with Crippen molar-refractivity contribution in [3.8, 4) is 22.9 Å². The molecule has 348 valence electrons. The highest BCUT2D eigenvalue weighted by Crippen LogP contribution is 2.74. The van der Waals surface area contributed by atoms with E-state index in [0.717, 1.165) is 50.1 Å². The second-order valence-corrected chi connectivity index (χ2v) is 22.5. The van der Waals surface area contributed by atoms with Crippen molar-refractivity contribution in [2.75, 3.05) is 19.0 Å². The Balaban J connectivity index is 1.15. The van der Waals surface area contributed by atoms with Crippen LogP contribution in [0.2, 0.25) is 5.02 Å². The number of allylic oxidation sites excluding steroid dienone is 2. The highest BCUT2D eigenvalue weighted by molar-refractivity contribution is 7.59. The van der Waals surface area contributed by atoms with Crippen LogP contribution in [-0.4, -0.2) is 80.5 Å². The van der Waals surface area contributed by atoms with Crippen molar-refractivity contribution in [2.24, 2.45) is 11.8 Å². The number of Topliss-reactive ketones (excluding diaryl/α,β-unsaturated/α-hetero) is 1. The number of amides is 1. The Morgan fingerprint density at radius 2 is 1.85 bits per heavy atom. The molecule has 3 fully saturated rings. The van der Waals surface area contributed by atoms with E-state index in [9.17, 15) is 14.3 Å². The lowest BCUT2D eigenvalue weighted by atomic mass is 9.94. The number of rotatable bonds is 12. The van der Waals surface area contributed by atoms with Crippen LogP contribution in [0.15, 0.2) is 53.9 Å². The van der Waals surface area contributed by atoms with Crippen molar-refractivity contribution in [2.45, 2.75) is 140 Å². The number of ether oxygens (including phenoxy) is 3. The summed E-state index contributed by atoms with van der Waals surface area (Å²) in [5, 5.41) is 5.46. The van der Waals surface area contributed by atoms with Crippen LogP contribution in [-0.2, 0) is 29.8 Å². The number of anilines is 1. The van der Waals surface area contributed by atoms with Gasteiger partial charge in [0.1, 0.15) is 40.2 Å². The molecule has 8 rings (SSSR count). The molecule has 1 unspecified atom stereocenters. The zero-order valence-corrected chi connectivity index (χ0v) is 40.0. The molecule has 2 saturated carbocycles. The second-order valence-electron chi connectivity index (χ2n) is 18.6. The molecule has 4 heterocycles. The number of ketones is 1. The predicted molar refractivity (Wildman–Crippen MR) is 252 cm³/mol. The van der Waals surface area contributed by atoms with Gasteiger partial charge in [-0.25, -0.2) is 14.4 Å². The quantitative estimate of drug-likeness (QED) is 0.0791. The molecular weight excluding hydrogens is 890 g/mol. The predicted octanol–water partition coefficient (Wildman–Crippen LogP) is 10.8. The average molecular weight is 950 g/mol. The lowest BCUT2D eigenvalue weighted by Gasteiger charge is -2.30. The Bertz CT molecular complexity index is 2490. The number of pyridine rings is 1. The van der Waals surface area contributed by atoms with Crippen molar-refractivity contribution >= 4 is 64.0 Å². The van der Waals surface area contributed by atoms with E-state index in [0.29, 0.717) is 52.2 Å². The molecule has 65 heavy (non-hydrogen) atoms. The third kappa shape index (κ3) is 10.3. The topological polar surface area (TPSA) is 157 Å². The number of halogens is 2. The molecule has 16 heteroatoms. The molecule has 2 aromatic carbocycles. The van der Waals surface area contributed by atoms with E-state index >= 15 is 14.0 Å². The highest BCUT2D eigenvalue weighted by atomic mass is 35.5. The minimum Gasteiger partial charge on any atom is -0.495 e. The molecule has 12 nitrogen and oxygen atoms in total. The number of nitrogens with zero attached hydrogens (tertiary/aromatic N) is 3. The van der Waals surface area contributed by atoms with Crippen molar-refractivity contribution in [1.82, 2.24) is 14.9 Å². The number of nitrogens with one attached hydrogen (secondary N) is 1. The summed E-state index contributed by atoms with van der Waals surface area (Å²) >= 11 is 8.34. The summed E-state index contributed by atoms with van der Waals surface area (Å²) in [6.45, 7) is 5.78. The van der Waals surface area contributed by atoms with Crippen LogP contribution in [0.3, 0.4) is 0 Å². The second kappa shape index (κ2) is 19.9. The number of methoxy groups -OCH3 is 1. The third-order valence-electron chi connectivity index (χ3n) is 13.6. The van der Waals surface area contributed by atoms with Crippen molar-refractivity contribution in [3.05, 3.63) is 75.9 Å². The van der Waals surface area contributed by atoms with Crippen molar-refractivity contribution in [1.29, 1.82) is 0 Å². The fourth-order valence-electron chi connectivity index (χ4n) is 9.95. The van der Waals surface area contributed by atoms with E-state index < -0.39 is 48.5 Å². The van der Waals surface area contributed by atoms with Gasteiger partial charge >= 0.3 is 5.97 Å². The van der Waals surface area contributed by atoms with E-state index in [1.165, 1.54) is 29.4 Å². The number of carbonyl (C=O) groups excluding carboxylic acids is 3. The highest BCUT2D eigenvalue weighted by Gasteiger charge is 2.65. The first-order valence-corrected chi connectivity index (χ1v) is 26.1. The number of esters is 1. The molecular formula is C49H59ClFN4O8PS. The number of hydrogen-bond acceptors (Lipinski definition) is 11. The van der Waals surface area contributed by atoms with Gasteiger partial charge in [0.2, 0.25) is 13.3 Å². The first-order chi connectivity index (χ1) is 31.2. The number of aryl methyl sites for hydroxylation is 1. The molecule has 1 saturated heterocycles. The molecule has 0 spiro atoms. The van der Waals surface area contributed by atoms with Gasteiger partial charge in [-0.15, -0.1) is 11.3 Å². The number of carbonyl (C=O) groups is 3. The molecule has 1 amide bonds. The Hall–Kier alpha value is -4.36. The maximum absolute atomic E-state index is 15.2. The van der Waals surface area contributed by atoms with Gasteiger partial charge in [-0.05, 0) is 102 Å². The fourth-order valence-corrected chi connectivity index (χ4v) is 13.7. The normalized spacial score (nSPS) is 25.6. The summed E-state index contributed by atoms with van der Waals surface area (Å²) in [7, 11) is -2.72. The number of thiazole rings is 1. The maximum atomic E-state index is 15.2. The van der Waals surface area contributed by atoms with E-state index in [4.69, 9.17) is 35.8 Å². The molecule has 2 aliphatic carbocycles. The summed E-state index contributed by atoms with van der Waals surface area (Å²) in [5.74, 6) is -1.99. The molecule has 4 aromatic rings. The van der Waals surface area contributed by atoms with Gasteiger partial charge in [-0.1, -0.05) is 48.7 Å². The SMILES string of the molecule is COc1ccc2c(O[C@@H]3C[C@H]4C(=O)C[C@]5(P(=O)(O)Cc6c(C)cccc6F)C[C@H]5/C=C\CCCCC[C@H](CC(=O)OC5CCCC5)C(=O)N4C3)cc(-c3csc(NC(C)C)n3)nc2c1Cl. The first kappa shape index (κ1) is 47.1. The van der Waals surface area contributed by atoms with Gasteiger partial charge in [0.05, 0.1) is 48.6 Å². The minimum atomic E-state index is -4.25. The smallest absolute Gasteiger partial charge is 0.306 e. The van der Waals surface area contributed by atoms with Crippen molar-refractivity contribution in [3.63, 3.8) is 0 Å². The molecule has 2 N–H and O–H groups in total. The number of benzene rings is 2. The van der Waals surface area contributed by atoms with Crippen LogP contribution in [0.1, 0.15) is 108 Å². The Morgan fingerprint density at radius 3 is 2.60 bits per heavy atom. The van der Waals surface area contributed by atoms with Crippen LogP contribution in [0.25, 0.3) is 22.3 Å². The maximum Gasteiger partial charge on any atom is 0.306 e. The van der Waals surface area contributed by atoms with Crippen LogP contribution in [0, 0.1) is 24.6 Å². The minimum absolute atomic E-state index is 0.0210. The molecule has 4 aliphatic rings. The van der Waals surface area contributed by atoms with E-state index in [-0.39, 0.29) is 72.6 Å². The first-order valence-electron chi connectivity index (χ1n) is 23.0. The van der Waals surface area contributed by atoms with E-state index in [1.54, 1.807) is 37.3 Å². The Morgan fingerprint density at radius 1 is 1.06 bits per heavy atom. The summed E-state index contributed by atoms with van der Waals surface area (Å²) < 4.78 is 48.2. The largest absolute Gasteiger partial charge is 0.495 e. The Kier molecular flexibility index (Phi) is 14.4. The van der Waals surface area contributed by atoms with Gasteiger partial charge in [0, 0.05) is 47.2 Å². The van der Waals surface area contributed by atoms with Crippen LogP contribution < -0.4 is 14.8 Å².